The number of hydrogen-bond acceptors (Lipinski definition) is 6. The summed E-state index contributed by atoms with van der Waals surface area (Å²) in [6.45, 7) is 2.36. The second-order valence-corrected chi connectivity index (χ2v) is 5.53. The number of nitrogens with two attached hydrogens (primary N) is 1. The van der Waals surface area contributed by atoms with Gasteiger partial charge in [-0.25, -0.2) is 4.98 Å². The van der Waals surface area contributed by atoms with Crippen LogP contribution in [0.25, 0.3) is 0 Å². The van der Waals surface area contributed by atoms with E-state index >= 15 is 0 Å². The Hall–Kier alpha value is -3.15. The molecule has 0 aliphatic heterocycles. The van der Waals surface area contributed by atoms with Gasteiger partial charge in [-0.15, -0.1) is 0 Å². The van der Waals surface area contributed by atoms with E-state index in [9.17, 15) is 4.79 Å². The molecule has 0 amide bonds. The fraction of sp³-hybridized carbons (Fsp3) is 0.167. The average molecular weight is 322 g/mol. The molecule has 6 nitrogen and oxygen atoms in total. The molecule has 0 aliphatic carbocycles. The van der Waals surface area contributed by atoms with Crippen molar-refractivity contribution in [2.75, 3.05) is 11.1 Å². The van der Waals surface area contributed by atoms with Crippen LogP contribution in [-0.4, -0.2) is 15.9 Å². The fourth-order valence-corrected chi connectivity index (χ4v) is 2.39. The summed E-state index contributed by atoms with van der Waals surface area (Å²) in [5, 5.41) is 7.01. The number of benzene rings is 1. The van der Waals surface area contributed by atoms with Crippen LogP contribution in [0.15, 0.2) is 53.2 Å². The van der Waals surface area contributed by atoms with Crippen LogP contribution in [0.2, 0.25) is 0 Å². The van der Waals surface area contributed by atoms with Crippen molar-refractivity contribution in [3.63, 3.8) is 0 Å². The van der Waals surface area contributed by atoms with E-state index in [-0.39, 0.29) is 12.2 Å². The van der Waals surface area contributed by atoms with Crippen LogP contribution in [0.1, 0.15) is 27.4 Å². The molecule has 3 N–H and O–H groups in total. The van der Waals surface area contributed by atoms with Crippen molar-refractivity contribution in [2.24, 2.45) is 0 Å². The number of pyridine rings is 1. The Morgan fingerprint density at radius 2 is 2.04 bits per heavy atom. The van der Waals surface area contributed by atoms with Crippen molar-refractivity contribution < 1.29 is 9.32 Å². The number of carbonyl (C=O) groups is 1. The van der Waals surface area contributed by atoms with Gasteiger partial charge in [-0.2, -0.15) is 0 Å². The molecule has 0 unspecified atom stereocenters. The van der Waals surface area contributed by atoms with Crippen LogP contribution in [-0.2, 0) is 13.0 Å². The van der Waals surface area contributed by atoms with Crippen LogP contribution in [0.5, 0.6) is 0 Å². The summed E-state index contributed by atoms with van der Waals surface area (Å²) in [6.07, 6.45) is 1.94. The molecule has 0 radical (unpaired) electrons. The van der Waals surface area contributed by atoms with Crippen LogP contribution in [0.4, 0.5) is 11.5 Å². The number of aromatic nitrogens is 2. The van der Waals surface area contributed by atoms with Gasteiger partial charge in [0.2, 0.25) is 0 Å². The third-order valence-electron chi connectivity index (χ3n) is 3.59. The molecule has 0 saturated heterocycles. The molecule has 6 heteroatoms. The quantitative estimate of drug-likeness (QED) is 0.678. The molecule has 0 aliphatic rings. The molecular weight excluding hydrogens is 304 g/mol. The van der Waals surface area contributed by atoms with Gasteiger partial charge in [0.25, 0.3) is 0 Å². The first-order chi connectivity index (χ1) is 11.6. The maximum absolute atomic E-state index is 12.2. The maximum atomic E-state index is 12.2. The van der Waals surface area contributed by atoms with Crippen molar-refractivity contribution in [3.05, 3.63) is 71.2 Å². The van der Waals surface area contributed by atoms with Crippen molar-refractivity contribution in [1.29, 1.82) is 0 Å². The second-order valence-electron chi connectivity index (χ2n) is 5.53. The number of nitrogens with zero attached hydrogens (tertiary/aromatic N) is 2. The van der Waals surface area contributed by atoms with Crippen molar-refractivity contribution in [2.45, 2.75) is 19.9 Å². The number of aryl methyl sites for hydroxylation is 1. The van der Waals surface area contributed by atoms with Crippen molar-refractivity contribution in [1.82, 2.24) is 10.1 Å². The lowest BCUT2D eigenvalue weighted by Crippen LogP contribution is -2.06. The smallest absolute Gasteiger partial charge is 0.189 e. The predicted molar refractivity (Wildman–Crippen MR) is 91.7 cm³/mol. The highest BCUT2D eigenvalue weighted by Gasteiger charge is 2.12. The summed E-state index contributed by atoms with van der Waals surface area (Å²) < 4.78 is 4.95. The van der Waals surface area contributed by atoms with Gasteiger partial charge in [0.15, 0.2) is 5.78 Å². The summed E-state index contributed by atoms with van der Waals surface area (Å²) in [5.41, 5.74) is 8.95. The second kappa shape index (κ2) is 6.95. The van der Waals surface area contributed by atoms with E-state index in [1.807, 2.05) is 36.4 Å². The van der Waals surface area contributed by atoms with Gasteiger partial charge in [0, 0.05) is 25.2 Å². The lowest BCUT2D eigenvalue weighted by molar-refractivity contribution is 0.0984. The summed E-state index contributed by atoms with van der Waals surface area (Å²) >= 11 is 0. The highest BCUT2D eigenvalue weighted by molar-refractivity contribution is 5.95. The topological polar surface area (TPSA) is 94.0 Å². The van der Waals surface area contributed by atoms with E-state index in [4.69, 9.17) is 10.3 Å². The molecule has 0 spiro atoms. The Bertz CT molecular complexity index is 857. The molecule has 0 atom stereocenters. The third-order valence-corrected chi connectivity index (χ3v) is 3.59. The largest absolute Gasteiger partial charge is 0.382 e. The first kappa shape index (κ1) is 15.7. The normalized spacial score (nSPS) is 10.5. The van der Waals surface area contributed by atoms with Gasteiger partial charge in [-0.1, -0.05) is 29.4 Å². The highest BCUT2D eigenvalue weighted by atomic mass is 16.5. The molecule has 0 saturated carbocycles. The van der Waals surface area contributed by atoms with Crippen LogP contribution in [0, 0.1) is 6.92 Å². The van der Waals surface area contributed by atoms with Gasteiger partial charge in [0.1, 0.15) is 17.3 Å². The van der Waals surface area contributed by atoms with E-state index in [1.54, 1.807) is 19.2 Å². The summed E-state index contributed by atoms with van der Waals surface area (Å²) in [4.78, 5) is 16.2. The standard InChI is InChI=1S/C18H18N4O2/c1-12-8-16(22-24-12)17(23)10-13-4-2-5-14(9-13)11-21-15-6-3-7-20-18(15)19/h2-9,21H,10-11H2,1H3,(H2,19,20). The number of hydrogen-bond donors (Lipinski definition) is 2. The van der Waals surface area contributed by atoms with Gasteiger partial charge in [-0.3, -0.25) is 4.79 Å². The molecule has 2 heterocycles. The Kier molecular flexibility index (Phi) is 4.56. The predicted octanol–water partition coefficient (Wildman–Crippen LogP) is 3.00. The number of carbonyl (C=O) groups excluding carboxylic acids is 1. The molecule has 3 aromatic rings. The van der Waals surface area contributed by atoms with Crippen molar-refractivity contribution >= 4 is 17.3 Å². The van der Waals surface area contributed by atoms with Gasteiger partial charge >= 0.3 is 0 Å². The first-order valence-electron chi connectivity index (χ1n) is 7.60. The summed E-state index contributed by atoms with van der Waals surface area (Å²) in [5.74, 6) is 1.03. The van der Waals surface area contributed by atoms with Gasteiger partial charge in [0.05, 0.1) is 5.69 Å². The fourth-order valence-electron chi connectivity index (χ4n) is 2.39. The van der Waals surface area contributed by atoms with Crippen LogP contribution >= 0.6 is 0 Å². The maximum Gasteiger partial charge on any atom is 0.189 e. The van der Waals surface area contributed by atoms with Crippen LogP contribution < -0.4 is 11.1 Å². The third kappa shape index (κ3) is 3.78. The van der Waals surface area contributed by atoms with E-state index in [2.05, 4.69) is 15.5 Å². The van der Waals surface area contributed by atoms with E-state index in [0.29, 0.717) is 23.8 Å². The minimum atomic E-state index is -0.0616. The number of ketones is 1. The molecule has 2 aromatic heterocycles. The number of Topliss-reactive ketones (excluding diaryl/α,β-unsaturated/α-hetero) is 1. The molecule has 0 fully saturated rings. The lowest BCUT2D eigenvalue weighted by atomic mass is 10.0. The zero-order chi connectivity index (χ0) is 16.9. The molecule has 24 heavy (non-hydrogen) atoms. The van der Waals surface area contributed by atoms with Crippen LogP contribution in [0.3, 0.4) is 0 Å². The minimum absolute atomic E-state index is 0.0616. The number of anilines is 2. The Morgan fingerprint density at radius 3 is 2.79 bits per heavy atom. The Labute approximate surface area is 139 Å². The Morgan fingerprint density at radius 1 is 1.21 bits per heavy atom. The van der Waals surface area contributed by atoms with E-state index in [1.165, 1.54) is 0 Å². The minimum Gasteiger partial charge on any atom is -0.382 e. The first-order valence-corrected chi connectivity index (χ1v) is 7.60. The molecule has 3 rings (SSSR count). The molecule has 122 valence electrons. The Balaban J connectivity index is 1.66. The summed E-state index contributed by atoms with van der Waals surface area (Å²) in [6, 6.07) is 13.2. The molecule has 0 bridgehead atoms. The molecular formula is C18H18N4O2. The number of nitrogen functional groups attached to an aromatic ring is 1. The SMILES string of the molecule is Cc1cc(C(=O)Cc2cccc(CNc3cccnc3N)c2)no1. The van der Waals surface area contributed by atoms with E-state index < -0.39 is 0 Å². The summed E-state index contributed by atoms with van der Waals surface area (Å²) in [7, 11) is 0. The van der Waals surface area contributed by atoms with Gasteiger partial charge in [-0.05, 0) is 30.2 Å². The lowest BCUT2D eigenvalue weighted by Gasteiger charge is -2.09. The van der Waals surface area contributed by atoms with E-state index in [0.717, 1.165) is 16.8 Å². The number of rotatable bonds is 6. The zero-order valence-electron chi connectivity index (χ0n) is 13.3. The average Bonchev–Trinajstić information content (AvgIpc) is 3.01. The zero-order valence-corrected chi connectivity index (χ0v) is 13.3. The number of nitrogens with one attached hydrogen (secondary N) is 1. The highest BCUT2D eigenvalue weighted by Crippen LogP contribution is 2.16. The van der Waals surface area contributed by atoms with Gasteiger partial charge < -0.3 is 15.6 Å². The molecule has 1 aromatic carbocycles. The van der Waals surface area contributed by atoms with Crippen molar-refractivity contribution in [3.8, 4) is 0 Å². The monoisotopic (exact) mass is 322 g/mol.